The van der Waals surface area contributed by atoms with Crippen LogP contribution >= 0.6 is 0 Å². The number of carbonyl (C=O) groups is 2. The first-order chi connectivity index (χ1) is 9.36. The Hall–Kier alpha value is -1.10. The summed E-state index contributed by atoms with van der Waals surface area (Å²) in [5, 5.41) is 0. The minimum atomic E-state index is -0.872. The Kier molecular flexibility index (Phi) is 2.91. The molecule has 0 aromatic carbocycles. The molecule has 1 heterocycles. The van der Waals surface area contributed by atoms with Gasteiger partial charge in [0.2, 0.25) is 0 Å². The molecule has 1 saturated heterocycles. The Balaban J connectivity index is 1.79. The van der Waals surface area contributed by atoms with Gasteiger partial charge in [0.05, 0.1) is 25.9 Å². The number of hydrogen-bond acceptors (Lipinski definition) is 5. The van der Waals surface area contributed by atoms with Crippen LogP contribution in [0.1, 0.15) is 33.1 Å². The van der Waals surface area contributed by atoms with Gasteiger partial charge in [-0.15, -0.1) is 0 Å². The lowest BCUT2D eigenvalue weighted by atomic mass is 9.45. The van der Waals surface area contributed by atoms with Crippen molar-refractivity contribution in [3.63, 3.8) is 0 Å². The molecule has 2 bridgehead atoms. The standard InChI is InChI=1S/C15H22O5/c1-14(2)8-5-10(14)15(11(6-8)20-15)7-9(12(16)18-3)13(17)19-4/h8-11H,5-7H2,1-4H3/t8-,10-,11+,15-/m1/s1. The van der Waals surface area contributed by atoms with Crippen molar-refractivity contribution >= 4 is 11.9 Å². The lowest BCUT2D eigenvalue weighted by Crippen LogP contribution is -2.58. The zero-order valence-corrected chi connectivity index (χ0v) is 12.5. The monoisotopic (exact) mass is 282 g/mol. The summed E-state index contributed by atoms with van der Waals surface area (Å²) >= 11 is 0. The Labute approximate surface area is 118 Å². The van der Waals surface area contributed by atoms with E-state index in [0.29, 0.717) is 18.3 Å². The predicted molar refractivity (Wildman–Crippen MR) is 69.7 cm³/mol. The van der Waals surface area contributed by atoms with Crippen molar-refractivity contribution in [2.45, 2.75) is 44.8 Å². The molecule has 4 aliphatic rings. The number of rotatable bonds is 4. The van der Waals surface area contributed by atoms with Crippen LogP contribution in [0, 0.1) is 23.2 Å². The van der Waals surface area contributed by atoms with Crippen LogP contribution in [0.25, 0.3) is 0 Å². The maximum absolute atomic E-state index is 11.8. The highest BCUT2D eigenvalue weighted by molar-refractivity contribution is 5.95. The molecule has 0 radical (unpaired) electrons. The SMILES string of the molecule is COC(=O)C(C[C@]12O[C@H]1C[C@H]1C[C@@H]2C1(C)C)C(=O)OC. The first kappa shape index (κ1) is 13.9. The molecule has 0 amide bonds. The molecule has 3 saturated carbocycles. The highest BCUT2D eigenvalue weighted by Crippen LogP contribution is 2.71. The van der Waals surface area contributed by atoms with E-state index in [9.17, 15) is 9.59 Å². The van der Waals surface area contributed by atoms with E-state index < -0.39 is 17.9 Å². The number of esters is 2. The molecule has 4 rings (SSSR count). The van der Waals surface area contributed by atoms with Crippen LogP contribution in [0.15, 0.2) is 0 Å². The number of ether oxygens (including phenoxy) is 3. The van der Waals surface area contributed by atoms with Crippen molar-refractivity contribution in [2.24, 2.45) is 23.2 Å². The van der Waals surface area contributed by atoms with E-state index >= 15 is 0 Å². The van der Waals surface area contributed by atoms with E-state index in [1.807, 2.05) is 0 Å². The average Bonchev–Trinajstić information content (AvgIpc) is 3.17. The van der Waals surface area contributed by atoms with Crippen LogP contribution in [0.3, 0.4) is 0 Å². The molecule has 1 aliphatic heterocycles. The third-order valence-corrected chi connectivity index (χ3v) is 5.90. The number of carbonyl (C=O) groups excluding carboxylic acids is 2. The van der Waals surface area contributed by atoms with Gasteiger partial charge in [0, 0.05) is 6.42 Å². The topological polar surface area (TPSA) is 65.1 Å². The van der Waals surface area contributed by atoms with Crippen molar-refractivity contribution < 1.29 is 23.8 Å². The van der Waals surface area contributed by atoms with Crippen LogP contribution in [0.2, 0.25) is 0 Å². The molecule has 0 aromatic heterocycles. The fourth-order valence-corrected chi connectivity index (χ4v) is 4.48. The molecule has 4 atom stereocenters. The van der Waals surface area contributed by atoms with E-state index in [2.05, 4.69) is 13.8 Å². The van der Waals surface area contributed by atoms with Gasteiger partial charge in [-0.25, -0.2) is 0 Å². The van der Waals surface area contributed by atoms with Gasteiger partial charge in [-0.1, -0.05) is 13.8 Å². The minimum absolute atomic E-state index is 0.205. The molecule has 0 aromatic rings. The summed E-state index contributed by atoms with van der Waals surface area (Å²) in [6.07, 6.45) is 2.77. The van der Waals surface area contributed by atoms with Gasteiger partial charge < -0.3 is 14.2 Å². The van der Waals surface area contributed by atoms with E-state index in [4.69, 9.17) is 14.2 Å². The van der Waals surface area contributed by atoms with Crippen molar-refractivity contribution in [1.29, 1.82) is 0 Å². The quantitative estimate of drug-likeness (QED) is 0.444. The maximum Gasteiger partial charge on any atom is 0.320 e. The predicted octanol–water partition coefficient (Wildman–Crippen LogP) is 1.54. The van der Waals surface area contributed by atoms with Gasteiger partial charge in [-0.05, 0) is 30.1 Å². The van der Waals surface area contributed by atoms with Gasteiger partial charge >= 0.3 is 11.9 Å². The summed E-state index contributed by atoms with van der Waals surface area (Å²) in [6, 6.07) is 0. The van der Waals surface area contributed by atoms with Gasteiger partial charge in [0.15, 0.2) is 5.92 Å². The average molecular weight is 282 g/mol. The third-order valence-electron chi connectivity index (χ3n) is 5.90. The number of methoxy groups -OCH3 is 2. The third kappa shape index (κ3) is 1.65. The van der Waals surface area contributed by atoms with Gasteiger partial charge in [-0.2, -0.15) is 0 Å². The summed E-state index contributed by atoms with van der Waals surface area (Å²) in [6.45, 7) is 4.52. The largest absolute Gasteiger partial charge is 0.468 e. The number of hydrogen-bond donors (Lipinski definition) is 0. The van der Waals surface area contributed by atoms with E-state index in [-0.39, 0.29) is 17.1 Å². The van der Waals surface area contributed by atoms with Gasteiger partial charge in [0.1, 0.15) is 0 Å². The van der Waals surface area contributed by atoms with E-state index in [1.165, 1.54) is 14.2 Å². The van der Waals surface area contributed by atoms with Crippen LogP contribution in [-0.2, 0) is 23.8 Å². The van der Waals surface area contributed by atoms with Crippen LogP contribution in [0.4, 0.5) is 0 Å². The zero-order chi connectivity index (χ0) is 14.7. The number of epoxide rings is 1. The molecule has 3 aliphatic carbocycles. The lowest BCUT2D eigenvalue weighted by Gasteiger charge is -2.58. The smallest absolute Gasteiger partial charge is 0.320 e. The highest BCUT2D eigenvalue weighted by Gasteiger charge is 2.75. The Bertz CT molecular complexity index is 441. The molecule has 0 unspecified atom stereocenters. The summed E-state index contributed by atoms with van der Waals surface area (Å²) < 4.78 is 15.4. The molecule has 0 N–H and O–H groups in total. The van der Waals surface area contributed by atoms with Crippen molar-refractivity contribution in [3.05, 3.63) is 0 Å². The molecular formula is C15H22O5. The minimum Gasteiger partial charge on any atom is -0.468 e. The zero-order valence-electron chi connectivity index (χ0n) is 12.5. The van der Waals surface area contributed by atoms with Crippen molar-refractivity contribution in [3.8, 4) is 0 Å². The van der Waals surface area contributed by atoms with Crippen molar-refractivity contribution in [2.75, 3.05) is 14.2 Å². The Morgan fingerprint density at radius 3 is 2.30 bits per heavy atom. The van der Waals surface area contributed by atoms with Crippen LogP contribution < -0.4 is 0 Å². The second-order valence-corrected chi connectivity index (χ2v) is 6.91. The fourth-order valence-electron chi connectivity index (χ4n) is 4.48. The van der Waals surface area contributed by atoms with Crippen LogP contribution in [0.5, 0.6) is 0 Å². The van der Waals surface area contributed by atoms with E-state index in [1.54, 1.807) is 0 Å². The normalized spacial score (nSPS) is 39.5. The van der Waals surface area contributed by atoms with E-state index in [0.717, 1.165) is 12.8 Å². The van der Waals surface area contributed by atoms with Crippen LogP contribution in [-0.4, -0.2) is 37.9 Å². The highest BCUT2D eigenvalue weighted by atomic mass is 16.6. The summed E-state index contributed by atoms with van der Waals surface area (Å²) in [4.78, 5) is 23.7. The molecule has 20 heavy (non-hydrogen) atoms. The first-order valence-corrected chi connectivity index (χ1v) is 7.20. The maximum atomic E-state index is 11.8. The molecule has 112 valence electrons. The van der Waals surface area contributed by atoms with Gasteiger partial charge in [-0.3, -0.25) is 9.59 Å². The second-order valence-electron chi connectivity index (χ2n) is 6.91. The summed E-state index contributed by atoms with van der Waals surface area (Å²) in [5.74, 6) is -0.791. The molecule has 5 heteroatoms. The fraction of sp³-hybridized carbons (Fsp3) is 0.867. The molecule has 0 spiro atoms. The lowest BCUT2D eigenvalue weighted by molar-refractivity contribution is -0.162. The summed E-state index contributed by atoms with van der Waals surface area (Å²) in [5.41, 5.74) is -0.0743. The Morgan fingerprint density at radius 1 is 1.20 bits per heavy atom. The molecule has 5 nitrogen and oxygen atoms in total. The summed E-state index contributed by atoms with van der Waals surface area (Å²) in [7, 11) is 2.59. The van der Waals surface area contributed by atoms with Crippen molar-refractivity contribution in [1.82, 2.24) is 0 Å². The molecular weight excluding hydrogens is 260 g/mol. The van der Waals surface area contributed by atoms with Gasteiger partial charge in [0.25, 0.3) is 0 Å². The second kappa shape index (κ2) is 4.20. The Morgan fingerprint density at radius 2 is 1.80 bits per heavy atom. The molecule has 4 fully saturated rings. The first-order valence-electron chi connectivity index (χ1n) is 7.20.